The van der Waals surface area contributed by atoms with Gasteiger partial charge < -0.3 is 9.84 Å². The van der Waals surface area contributed by atoms with Crippen LogP contribution in [0.2, 0.25) is 0 Å². The number of esters is 1. The molecule has 3 N–H and O–H groups in total. The van der Waals surface area contributed by atoms with Gasteiger partial charge in [-0.15, -0.1) is 0 Å². The van der Waals surface area contributed by atoms with E-state index in [2.05, 4.69) is 4.98 Å². The van der Waals surface area contributed by atoms with Crippen molar-refractivity contribution in [3.8, 4) is 11.1 Å². The fourth-order valence-electron chi connectivity index (χ4n) is 5.77. The molecule has 0 fully saturated rings. The van der Waals surface area contributed by atoms with E-state index in [-0.39, 0.29) is 35.3 Å². The first-order valence-electron chi connectivity index (χ1n) is 13.7. The minimum atomic E-state index is -4.97. The quantitative estimate of drug-likeness (QED) is 0.245. The molecule has 224 valence electrons. The van der Waals surface area contributed by atoms with E-state index in [0.29, 0.717) is 31.9 Å². The second-order valence-electron chi connectivity index (χ2n) is 10.5. The molecule has 2 unspecified atom stereocenters. The van der Waals surface area contributed by atoms with E-state index in [1.165, 1.54) is 24.3 Å². The van der Waals surface area contributed by atoms with Crippen LogP contribution in [0.15, 0.2) is 83.2 Å². The highest BCUT2D eigenvalue weighted by Gasteiger charge is 2.46. The molecule has 2 aromatic carbocycles. The number of nitrogens with zero attached hydrogens (tertiary/aromatic N) is 1. The van der Waals surface area contributed by atoms with Crippen LogP contribution in [0.5, 0.6) is 0 Å². The average Bonchev–Trinajstić information content (AvgIpc) is 2.93. The van der Waals surface area contributed by atoms with Gasteiger partial charge in [-0.2, -0.15) is 13.2 Å². The molecule has 42 heavy (non-hydrogen) atoms. The standard InChI is InChI=1S/C31H33F3N2O5S/c1-3-16-30(17-15-20-11-7-5-8-12-20)18-24(37)27(29(38)41-30)22(4-2)26-23(31(32,33)34)19-36-28(42(35,39)40)25(26)21-13-9-6-10-14-21/h5-14,19,22,37H,3-4,15-18H2,1-2H3,(H2,35,39,40). The Morgan fingerprint density at radius 2 is 1.67 bits per heavy atom. The third-order valence-electron chi connectivity index (χ3n) is 7.57. The lowest BCUT2D eigenvalue weighted by molar-refractivity contribution is -0.161. The van der Waals surface area contributed by atoms with Crippen LogP contribution >= 0.6 is 0 Å². The molecule has 2 heterocycles. The number of hydrogen-bond acceptors (Lipinski definition) is 6. The molecule has 0 saturated heterocycles. The number of nitrogens with two attached hydrogens (primary N) is 1. The van der Waals surface area contributed by atoms with Crippen LogP contribution in [0.25, 0.3) is 11.1 Å². The third kappa shape index (κ3) is 6.52. The third-order valence-corrected chi connectivity index (χ3v) is 8.42. The lowest BCUT2D eigenvalue weighted by Crippen LogP contribution is -2.42. The number of primary sulfonamides is 1. The van der Waals surface area contributed by atoms with E-state index < -0.39 is 49.8 Å². The molecule has 0 bridgehead atoms. The zero-order valence-electron chi connectivity index (χ0n) is 23.3. The number of cyclic esters (lactones) is 1. The van der Waals surface area contributed by atoms with Crippen LogP contribution < -0.4 is 5.14 Å². The van der Waals surface area contributed by atoms with E-state index in [1.807, 2.05) is 37.3 Å². The van der Waals surface area contributed by atoms with E-state index >= 15 is 0 Å². The number of aryl methyl sites for hydroxylation is 1. The van der Waals surface area contributed by atoms with Crippen molar-refractivity contribution in [3.05, 3.63) is 94.9 Å². The lowest BCUT2D eigenvalue weighted by atomic mass is 9.77. The number of ether oxygens (including phenoxy) is 1. The summed E-state index contributed by atoms with van der Waals surface area (Å²) in [5.41, 5.74) is -2.38. The molecule has 3 aromatic rings. The van der Waals surface area contributed by atoms with Gasteiger partial charge in [0.15, 0.2) is 5.03 Å². The molecule has 11 heteroatoms. The summed E-state index contributed by atoms with van der Waals surface area (Å²) in [6, 6.07) is 17.1. The second kappa shape index (κ2) is 12.3. The molecule has 2 atom stereocenters. The number of rotatable bonds is 10. The van der Waals surface area contributed by atoms with Crippen molar-refractivity contribution >= 4 is 16.0 Å². The largest absolute Gasteiger partial charge is 0.512 e. The Morgan fingerprint density at radius 3 is 2.19 bits per heavy atom. The van der Waals surface area contributed by atoms with Crippen LogP contribution in [0, 0.1) is 0 Å². The first-order valence-corrected chi connectivity index (χ1v) is 15.2. The fourth-order valence-corrected chi connectivity index (χ4v) is 6.48. The van der Waals surface area contributed by atoms with Crippen molar-refractivity contribution < 1.29 is 36.2 Å². The Balaban J connectivity index is 1.91. The molecule has 1 aromatic heterocycles. The first kappa shape index (κ1) is 31.2. The number of aromatic nitrogens is 1. The lowest BCUT2D eigenvalue weighted by Gasteiger charge is -2.39. The van der Waals surface area contributed by atoms with Gasteiger partial charge in [-0.1, -0.05) is 80.9 Å². The number of alkyl halides is 3. The van der Waals surface area contributed by atoms with Crippen molar-refractivity contribution in [1.29, 1.82) is 0 Å². The van der Waals surface area contributed by atoms with Crippen molar-refractivity contribution in [2.45, 2.75) is 75.1 Å². The summed E-state index contributed by atoms with van der Waals surface area (Å²) in [7, 11) is -4.60. The molecule has 0 spiro atoms. The van der Waals surface area contributed by atoms with Crippen molar-refractivity contribution in [1.82, 2.24) is 4.98 Å². The predicted octanol–water partition coefficient (Wildman–Crippen LogP) is 6.84. The zero-order valence-corrected chi connectivity index (χ0v) is 24.1. The topological polar surface area (TPSA) is 120 Å². The molecule has 4 rings (SSSR count). The molecule has 0 radical (unpaired) electrons. The van der Waals surface area contributed by atoms with Crippen molar-refractivity contribution in [2.24, 2.45) is 5.14 Å². The molecule has 0 aliphatic carbocycles. The Morgan fingerprint density at radius 1 is 1.05 bits per heavy atom. The van der Waals surface area contributed by atoms with E-state index in [9.17, 15) is 31.5 Å². The van der Waals surface area contributed by atoms with Gasteiger partial charge >= 0.3 is 12.1 Å². The number of halogens is 3. The summed E-state index contributed by atoms with van der Waals surface area (Å²) < 4.78 is 74.7. The Hall–Kier alpha value is -3.70. The van der Waals surface area contributed by atoms with Gasteiger partial charge in [0.25, 0.3) is 10.0 Å². The number of carbonyl (C=O) groups excluding carboxylic acids is 1. The van der Waals surface area contributed by atoms with Gasteiger partial charge in [0.2, 0.25) is 0 Å². The van der Waals surface area contributed by atoms with Gasteiger partial charge in [0, 0.05) is 24.1 Å². The number of pyridine rings is 1. The van der Waals surface area contributed by atoms with Gasteiger partial charge in [0.1, 0.15) is 11.4 Å². The van der Waals surface area contributed by atoms with Crippen molar-refractivity contribution in [2.75, 3.05) is 0 Å². The second-order valence-corrected chi connectivity index (χ2v) is 12.0. The van der Waals surface area contributed by atoms with Crippen LogP contribution in [-0.2, 0) is 32.2 Å². The van der Waals surface area contributed by atoms with E-state index in [0.717, 1.165) is 5.56 Å². The van der Waals surface area contributed by atoms with E-state index in [1.54, 1.807) is 13.0 Å². The highest BCUT2D eigenvalue weighted by molar-refractivity contribution is 7.89. The molecule has 7 nitrogen and oxygen atoms in total. The summed E-state index contributed by atoms with van der Waals surface area (Å²) in [4.78, 5) is 17.3. The van der Waals surface area contributed by atoms with Gasteiger partial charge in [-0.05, 0) is 42.4 Å². The highest BCUT2D eigenvalue weighted by atomic mass is 32.2. The van der Waals surface area contributed by atoms with Crippen LogP contribution in [-0.4, -0.2) is 30.1 Å². The fraction of sp³-hybridized carbons (Fsp3) is 0.355. The zero-order chi connectivity index (χ0) is 30.7. The number of aliphatic hydroxyl groups is 1. The highest BCUT2D eigenvalue weighted by Crippen LogP contribution is 2.48. The molecule has 0 amide bonds. The molecular weight excluding hydrogens is 569 g/mol. The maximum atomic E-state index is 14.5. The molecule has 0 saturated carbocycles. The Bertz CT molecular complexity index is 1580. The molecule has 1 aliphatic heterocycles. The minimum Gasteiger partial charge on any atom is -0.512 e. The SMILES string of the molecule is CCCC1(CCc2ccccc2)CC(O)=C(C(CC)c2c(C(F)(F)F)cnc(S(N)(=O)=O)c2-c2ccccc2)C(=O)O1. The summed E-state index contributed by atoms with van der Waals surface area (Å²) >= 11 is 0. The molecule has 1 aliphatic rings. The average molecular weight is 603 g/mol. The Kier molecular flexibility index (Phi) is 9.12. The summed E-state index contributed by atoms with van der Waals surface area (Å²) in [5.74, 6) is -2.68. The van der Waals surface area contributed by atoms with E-state index in [4.69, 9.17) is 9.88 Å². The number of sulfonamides is 1. The monoisotopic (exact) mass is 602 g/mol. The summed E-state index contributed by atoms with van der Waals surface area (Å²) in [5, 5.41) is 16.0. The van der Waals surface area contributed by atoms with Crippen LogP contribution in [0.3, 0.4) is 0 Å². The molecular formula is C31H33F3N2O5S. The number of benzene rings is 2. The maximum Gasteiger partial charge on any atom is 0.418 e. The van der Waals surface area contributed by atoms with Crippen molar-refractivity contribution in [3.63, 3.8) is 0 Å². The van der Waals surface area contributed by atoms with Crippen LogP contribution in [0.1, 0.15) is 68.6 Å². The van der Waals surface area contributed by atoms with Gasteiger partial charge in [-0.3, -0.25) is 0 Å². The van der Waals surface area contributed by atoms with Gasteiger partial charge in [-0.25, -0.2) is 23.3 Å². The first-order chi connectivity index (χ1) is 19.8. The number of hydrogen-bond donors (Lipinski definition) is 2. The number of aliphatic hydroxyl groups excluding tert-OH is 1. The Labute approximate surface area is 243 Å². The summed E-state index contributed by atoms with van der Waals surface area (Å²) in [6.07, 6.45) is -2.68. The maximum absolute atomic E-state index is 14.5. The predicted molar refractivity (Wildman–Crippen MR) is 152 cm³/mol. The van der Waals surface area contributed by atoms with Crippen LogP contribution in [0.4, 0.5) is 13.2 Å². The van der Waals surface area contributed by atoms with Gasteiger partial charge in [0.05, 0.1) is 11.1 Å². The summed E-state index contributed by atoms with van der Waals surface area (Å²) in [6.45, 7) is 3.46. The normalized spacial score (nSPS) is 18.6. The smallest absolute Gasteiger partial charge is 0.418 e. The number of carbonyl (C=O) groups is 1. The minimum absolute atomic E-state index is 0.0829.